The van der Waals surface area contributed by atoms with Crippen LogP contribution < -0.4 is 0 Å². The normalized spacial score (nSPS) is 11.2. The molecule has 1 rings (SSSR count). The Morgan fingerprint density at radius 2 is 2.08 bits per heavy atom. The fourth-order valence-corrected chi connectivity index (χ4v) is 0.956. The minimum atomic E-state index is 0.441. The Hall–Kier alpha value is -0.670. The highest BCUT2D eigenvalue weighted by Gasteiger charge is 2.04. The molecule has 1 heterocycles. The van der Waals surface area contributed by atoms with Crippen LogP contribution >= 0.6 is 11.6 Å². The highest BCUT2D eigenvalue weighted by molar-refractivity contribution is 6.29. The third kappa shape index (κ3) is 3.28. The molecule has 0 unspecified atom stereocenters. The van der Waals surface area contributed by atoms with Crippen molar-refractivity contribution in [2.75, 3.05) is 7.05 Å². The lowest BCUT2D eigenvalue weighted by Gasteiger charge is -2.19. The van der Waals surface area contributed by atoms with Crippen LogP contribution in [0.5, 0.6) is 0 Å². The van der Waals surface area contributed by atoms with Crippen LogP contribution in [0.4, 0.5) is 0 Å². The van der Waals surface area contributed by atoms with Gasteiger partial charge in [-0.3, -0.25) is 9.88 Å². The van der Waals surface area contributed by atoms with Crippen LogP contribution in [-0.2, 0) is 6.54 Å². The van der Waals surface area contributed by atoms with Crippen LogP contribution in [0.15, 0.2) is 12.4 Å². The molecule has 0 amide bonds. The van der Waals surface area contributed by atoms with E-state index in [0.29, 0.717) is 11.2 Å². The van der Waals surface area contributed by atoms with Crippen molar-refractivity contribution in [3.8, 4) is 0 Å². The molecule has 0 aliphatic carbocycles. The van der Waals surface area contributed by atoms with Gasteiger partial charge in [-0.05, 0) is 20.9 Å². The van der Waals surface area contributed by atoms with Gasteiger partial charge in [0.15, 0.2) is 0 Å². The molecule has 0 saturated heterocycles. The van der Waals surface area contributed by atoms with Gasteiger partial charge in [0, 0.05) is 12.6 Å². The predicted octanol–water partition coefficient (Wildman–Crippen LogP) is 1.97. The first-order chi connectivity index (χ1) is 6.09. The van der Waals surface area contributed by atoms with Crippen molar-refractivity contribution in [3.63, 3.8) is 0 Å². The minimum absolute atomic E-state index is 0.441. The number of halogens is 1. The van der Waals surface area contributed by atoms with Crippen molar-refractivity contribution in [1.82, 2.24) is 14.9 Å². The summed E-state index contributed by atoms with van der Waals surface area (Å²) in [5, 5.41) is 0.441. The third-order valence-corrected chi connectivity index (χ3v) is 2.16. The molecule has 0 radical (unpaired) electrons. The predicted molar refractivity (Wildman–Crippen MR) is 53.6 cm³/mol. The summed E-state index contributed by atoms with van der Waals surface area (Å²) in [5.74, 6) is 0. The van der Waals surface area contributed by atoms with Gasteiger partial charge < -0.3 is 0 Å². The fraction of sp³-hybridized carbons (Fsp3) is 0.556. The number of hydrogen-bond donors (Lipinski definition) is 0. The molecule has 0 aromatic carbocycles. The molecular formula is C9H14ClN3. The van der Waals surface area contributed by atoms with Crippen LogP contribution in [0.2, 0.25) is 5.15 Å². The Morgan fingerprint density at radius 1 is 1.38 bits per heavy atom. The Morgan fingerprint density at radius 3 is 2.54 bits per heavy atom. The molecule has 72 valence electrons. The molecule has 0 atom stereocenters. The van der Waals surface area contributed by atoms with E-state index in [4.69, 9.17) is 11.6 Å². The number of rotatable bonds is 3. The average Bonchev–Trinajstić information content (AvgIpc) is 2.08. The van der Waals surface area contributed by atoms with E-state index >= 15 is 0 Å². The summed E-state index contributed by atoms with van der Waals surface area (Å²) in [6.07, 6.45) is 3.28. The van der Waals surface area contributed by atoms with Gasteiger partial charge in [-0.25, -0.2) is 4.98 Å². The molecule has 1 aromatic rings. The van der Waals surface area contributed by atoms with Crippen molar-refractivity contribution >= 4 is 11.6 Å². The standard InChI is InChI=1S/C9H14ClN3/c1-7(2)13(3)6-8-4-12-9(10)5-11-8/h4-5,7H,6H2,1-3H3. The van der Waals surface area contributed by atoms with Gasteiger partial charge in [0.2, 0.25) is 0 Å². The number of aromatic nitrogens is 2. The molecule has 1 aromatic heterocycles. The van der Waals surface area contributed by atoms with Crippen LogP contribution in [0.3, 0.4) is 0 Å². The van der Waals surface area contributed by atoms with Crippen molar-refractivity contribution in [3.05, 3.63) is 23.2 Å². The van der Waals surface area contributed by atoms with Gasteiger partial charge in [0.1, 0.15) is 5.15 Å². The van der Waals surface area contributed by atoms with E-state index in [2.05, 4.69) is 35.8 Å². The molecule has 0 N–H and O–H groups in total. The first kappa shape index (κ1) is 10.4. The molecule has 0 spiro atoms. The smallest absolute Gasteiger partial charge is 0.147 e. The van der Waals surface area contributed by atoms with Crippen molar-refractivity contribution in [2.24, 2.45) is 0 Å². The summed E-state index contributed by atoms with van der Waals surface area (Å²) in [4.78, 5) is 10.3. The summed E-state index contributed by atoms with van der Waals surface area (Å²) in [6.45, 7) is 5.09. The van der Waals surface area contributed by atoms with E-state index in [0.717, 1.165) is 12.2 Å². The lowest BCUT2D eigenvalue weighted by Crippen LogP contribution is -2.26. The molecular weight excluding hydrogens is 186 g/mol. The molecule has 0 fully saturated rings. The summed E-state index contributed by atoms with van der Waals surface area (Å²) >= 11 is 5.62. The van der Waals surface area contributed by atoms with Crippen LogP contribution in [0.1, 0.15) is 19.5 Å². The van der Waals surface area contributed by atoms with Gasteiger partial charge in [-0.15, -0.1) is 0 Å². The summed E-state index contributed by atoms with van der Waals surface area (Å²) in [6, 6.07) is 0.512. The van der Waals surface area contributed by atoms with Crippen LogP contribution in [-0.4, -0.2) is 28.0 Å². The second-order valence-corrected chi connectivity index (χ2v) is 3.73. The second kappa shape index (κ2) is 4.53. The van der Waals surface area contributed by atoms with Gasteiger partial charge >= 0.3 is 0 Å². The number of hydrogen-bond acceptors (Lipinski definition) is 3. The highest BCUT2D eigenvalue weighted by atomic mass is 35.5. The maximum Gasteiger partial charge on any atom is 0.147 e. The van der Waals surface area contributed by atoms with Crippen LogP contribution in [0.25, 0.3) is 0 Å². The highest BCUT2D eigenvalue weighted by Crippen LogP contribution is 2.05. The Balaban J connectivity index is 2.59. The van der Waals surface area contributed by atoms with E-state index < -0.39 is 0 Å². The van der Waals surface area contributed by atoms with E-state index in [-0.39, 0.29) is 0 Å². The minimum Gasteiger partial charge on any atom is -0.298 e. The molecule has 3 nitrogen and oxygen atoms in total. The third-order valence-electron chi connectivity index (χ3n) is 1.97. The first-order valence-electron chi connectivity index (χ1n) is 4.26. The fourth-order valence-electron chi connectivity index (χ4n) is 0.859. The van der Waals surface area contributed by atoms with Crippen molar-refractivity contribution in [1.29, 1.82) is 0 Å². The monoisotopic (exact) mass is 199 g/mol. The van der Waals surface area contributed by atoms with Gasteiger partial charge in [-0.2, -0.15) is 0 Å². The zero-order valence-electron chi connectivity index (χ0n) is 8.16. The van der Waals surface area contributed by atoms with Gasteiger partial charge in [0.25, 0.3) is 0 Å². The topological polar surface area (TPSA) is 29.0 Å². The lowest BCUT2D eigenvalue weighted by atomic mass is 10.3. The Bertz CT molecular complexity index is 258. The number of nitrogens with zero attached hydrogens (tertiary/aromatic N) is 3. The van der Waals surface area contributed by atoms with Gasteiger partial charge in [-0.1, -0.05) is 11.6 Å². The maximum absolute atomic E-state index is 5.62. The zero-order valence-corrected chi connectivity index (χ0v) is 8.91. The van der Waals surface area contributed by atoms with E-state index in [1.165, 1.54) is 0 Å². The quantitative estimate of drug-likeness (QED) is 0.746. The summed E-state index contributed by atoms with van der Waals surface area (Å²) in [7, 11) is 2.06. The Labute approximate surface area is 83.8 Å². The lowest BCUT2D eigenvalue weighted by molar-refractivity contribution is 0.262. The molecule has 0 bridgehead atoms. The van der Waals surface area contributed by atoms with Crippen molar-refractivity contribution in [2.45, 2.75) is 26.4 Å². The molecule has 0 saturated carbocycles. The second-order valence-electron chi connectivity index (χ2n) is 3.34. The maximum atomic E-state index is 5.62. The van der Waals surface area contributed by atoms with Crippen LogP contribution in [0, 0.1) is 0 Å². The SMILES string of the molecule is CC(C)N(C)Cc1cnc(Cl)cn1. The summed E-state index contributed by atoms with van der Waals surface area (Å²) < 4.78 is 0. The summed E-state index contributed by atoms with van der Waals surface area (Å²) in [5.41, 5.74) is 0.945. The molecule has 13 heavy (non-hydrogen) atoms. The zero-order chi connectivity index (χ0) is 9.84. The van der Waals surface area contributed by atoms with E-state index in [1.54, 1.807) is 12.4 Å². The van der Waals surface area contributed by atoms with Crippen molar-refractivity contribution < 1.29 is 0 Å². The largest absolute Gasteiger partial charge is 0.298 e. The average molecular weight is 200 g/mol. The Kier molecular flexibility index (Phi) is 3.63. The van der Waals surface area contributed by atoms with Gasteiger partial charge in [0.05, 0.1) is 18.1 Å². The van der Waals surface area contributed by atoms with E-state index in [9.17, 15) is 0 Å². The molecule has 0 aliphatic heterocycles. The van der Waals surface area contributed by atoms with E-state index in [1.807, 2.05) is 0 Å². The molecule has 0 aliphatic rings. The molecule has 4 heteroatoms. The first-order valence-corrected chi connectivity index (χ1v) is 4.64.